The van der Waals surface area contributed by atoms with Crippen molar-refractivity contribution in [3.8, 4) is 0 Å². The van der Waals surface area contributed by atoms with Crippen molar-refractivity contribution in [3.05, 3.63) is 61.5 Å². The Morgan fingerprint density at radius 2 is 1.88 bits per heavy atom. The lowest BCUT2D eigenvalue weighted by Gasteiger charge is -2.16. The summed E-state index contributed by atoms with van der Waals surface area (Å²) in [5.41, 5.74) is 2.72. The van der Waals surface area contributed by atoms with Gasteiger partial charge in [-0.3, -0.25) is 4.40 Å². The van der Waals surface area contributed by atoms with Crippen molar-refractivity contribution in [3.63, 3.8) is 0 Å². The Hall–Kier alpha value is -1.56. The summed E-state index contributed by atoms with van der Waals surface area (Å²) in [5, 5.41) is 23.4. The minimum atomic E-state index is -1.01. The number of para-hydroxylation sites is 1. The highest BCUT2D eigenvalue weighted by molar-refractivity contribution is 9.11. The maximum atomic E-state index is 11.6. The first-order valence-electron chi connectivity index (χ1n) is 7.35. The minimum absolute atomic E-state index is 0.176. The van der Waals surface area contributed by atoms with E-state index in [1.807, 2.05) is 12.1 Å². The quantitative estimate of drug-likeness (QED) is 0.335. The van der Waals surface area contributed by atoms with E-state index < -0.39 is 5.23 Å². The maximum absolute atomic E-state index is 11.6. The number of halogens is 3. The van der Waals surface area contributed by atoms with Crippen LogP contribution in [0.4, 0.5) is 17.2 Å². The normalized spacial score (nSPS) is 12.7. The molecule has 0 radical (unpaired) electrons. The van der Waals surface area contributed by atoms with Gasteiger partial charge in [-0.05, 0) is 50.1 Å². The molecule has 0 aliphatic rings. The number of nitrogens with zero attached hydrogens (tertiary/aromatic N) is 3. The average molecular weight is 544 g/mol. The third-order valence-electron chi connectivity index (χ3n) is 3.85. The third-order valence-corrected chi connectivity index (χ3v) is 5.56. The molecule has 1 unspecified atom stereocenters. The van der Waals surface area contributed by atoms with Crippen molar-refractivity contribution in [2.45, 2.75) is 0 Å². The number of quaternary nitrogens is 1. The molecule has 0 aliphatic carbocycles. The second kappa shape index (κ2) is 6.87. The van der Waals surface area contributed by atoms with Gasteiger partial charge in [0.05, 0.1) is 17.4 Å². The number of aromatic nitrogens is 3. The van der Waals surface area contributed by atoms with Crippen LogP contribution < -0.4 is 10.5 Å². The number of hydrogen-bond donors (Lipinski definition) is 3. The SMILES string of the molecule is [O-][NH+](O)c1cccc2nc(Nc3c(Br)cc(Br)cc3Br)c3cncn3c12. The number of rotatable bonds is 3. The predicted molar refractivity (Wildman–Crippen MR) is 109 cm³/mol. The molecule has 2 heterocycles. The summed E-state index contributed by atoms with van der Waals surface area (Å²) >= 11 is 10.5. The summed E-state index contributed by atoms with van der Waals surface area (Å²) < 4.78 is 4.35. The van der Waals surface area contributed by atoms with E-state index in [1.165, 1.54) is 0 Å². The van der Waals surface area contributed by atoms with E-state index in [0.717, 1.165) is 19.1 Å². The fourth-order valence-corrected chi connectivity index (χ4v) is 5.20. The van der Waals surface area contributed by atoms with Crippen molar-refractivity contribution < 1.29 is 10.4 Å². The van der Waals surface area contributed by atoms with E-state index in [0.29, 0.717) is 22.4 Å². The molecule has 2 aromatic carbocycles. The van der Waals surface area contributed by atoms with Gasteiger partial charge in [0.15, 0.2) is 11.5 Å². The maximum Gasteiger partial charge on any atom is 0.190 e. The molecule has 0 bridgehead atoms. The van der Waals surface area contributed by atoms with Crippen LogP contribution in [0.25, 0.3) is 16.6 Å². The first-order chi connectivity index (χ1) is 12.5. The average Bonchev–Trinajstić information content (AvgIpc) is 3.07. The molecule has 0 spiro atoms. The first-order valence-corrected chi connectivity index (χ1v) is 9.73. The number of imidazole rings is 1. The van der Waals surface area contributed by atoms with Crippen LogP contribution in [0.2, 0.25) is 0 Å². The number of benzene rings is 2. The molecule has 2 aromatic heterocycles. The lowest BCUT2D eigenvalue weighted by molar-refractivity contribution is -0.990. The molecular formula is C16H10Br3N5O2. The number of nitrogens with one attached hydrogen (secondary N) is 2. The van der Waals surface area contributed by atoms with Gasteiger partial charge in [0.25, 0.3) is 0 Å². The van der Waals surface area contributed by atoms with Gasteiger partial charge in [-0.15, -0.1) is 0 Å². The Kier molecular flexibility index (Phi) is 4.71. The molecule has 1 atom stereocenters. The Morgan fingerprint density at radius 1 is 1.15 bits per heavy atom. The lowest BCUT2D eigenvalue weighted by atomic mass is 10.2. The smallest absolute Gasteiger partial charge is 0.190 e. The molecule has 4 rings (SSSR count). The summed E-state index contributed by atoms with van der Waals surface area (Å²) in [5.74, 6) is 0.571. The number of fused-ring (bicyclic) bond motifs is 3. The van der Waals surface area contributed by atoms with E-state index in [9.17, 15) is 10.4 Å². The fourth-order valence-electron chi connectivity index (χ4n) is 2.75. The zero-order valence-corrected chi connectivity index (χ0v) is 17.6. The van der Waals surface area contributed by atoms with E-state index in [4.69, 9.17) is 0 Å². The van der Waals surface area contributed by atoms with Crippen LogP contribution >= 0.6 is 47.8 Å². The fraction of sp³-hybridized carbons (Fsp3) is 0. The lowest BCUT2D eigenvalue weighted by Crippen LogP contribution is -2.99. The molecule has 0 amide bonds. The first kappa shape index (κ1) is 17.8. The number of anilines is 2. The molecule has 10 heteroatoms. The van der Waals surface area contributed by atoms with Crippen LogP contribution in [-0.2, 0) is 0 Å². The summed E-state index contributed by atoms with van der Waals surface area (Å²) in [4.78, 5) is 8.80. The highest BCUT2D eigenvalue weighted by Crippen LogP contribution is 2.37. The van der Waals surface area contributed by atoms with Crippen LogP contribution in [-0.4, -0.2) is 19.6 Å². The van der Waals surface area contributed by atoms with Crippen molar-refractivity contribution >= 4 is 81.5 Å². The predicted octanol–water partition coefficient (Wildman–Crippen LogP) is 4.32. The molecular weight excluding hydrogens is 534 g/mol. The Bertz CT molecular complexity index is 1120. The molecule has 0 aliphatic heterocycles. The van der Waals surface area contributed by atoms with Crippen molar-refractivity contribution in [2.75, 3.05) is 5.32 Å². The second-order valence-electron chi connectivity index (χ2n) is 5.46. The van der Waals surface area contributed by atoms with E-state index >= 15 is 0 Å². The van der Waals surface area contributed by atoms with Gasteiger partial charge < -0.3 is 10.5 Å². The van der Waals surface area contributed by atoms with Crippen LogP contribution in [0.3, 0.4) is 0 Å². The highest BCUT2D eigenvalue weighted by atomic mass is 79.9. The molecule has 0 saturated carbocycles. The standard InChI is InChI=1S/C16H10Br3N5O2/c17-8-4-9(18)14(10(19)5-8)22-16-13-6-20-7-23(13)15-11(21-16)2-1-3-12(15)24(25)26/h1-7,24-25H,(H,21,22). The molecule has 0 fully saturated rings. The second-order valence-corrected chi connectivity index (χ2v) is 8.08. The number of hydrogen-bond acceptors (Lipinski definition) is 5. The largest absolute Gasteiger partial charge is 0.595 e. The Balaban J connectivity index is 1.96. The molecule has 0 saturated heterocycles. The van der Waals surface area contributed by atoms with E-state index in [2.05, 4.69) is 63.1 Å². The van der Waals surface area contributed by atoms with Crippen LogP contribution in [0.5, 0.6) is 0 Å². The van der Waals surface area contributed by atoms with Gasteiger partial charge in [0, 0.05) is 19.5 Å². The zero-order valence-electron chi connectivity index (χ0n) is 12.9. The summed E-state index contributed by atoms with van der Waals surface area (Å²) in [6.45, 7) is 0. The van der Waals surface area contributed by atoms with Crippen molar-refractivity contribution in [1.82, 2.24) is 14.4 Å². The summed E-state index contributed by atoms with van der Waals surface area (Å²) in [6, 6.07) is 8.85. The van der Waals surface area contributed by atoms with Gasteiger partial charge in [0.2, 0.25) is 0 Å². The van der Waals surface area contributed by atoms with Gasteiger partial charge in [-0.1, -0.05) is 22.0 Å². The van der Waals surface area contributed by atoms with E-state index in [-0.39, 0.29) is 5.69 Å². The van der Waals surface area contributed by atoms with Crippen LogP contribution in [0.15, 0.2) is 56.3 Å². The van der Waals surface area contributed by atoms with Gasteiger partial charge in [-0.25, -0.2) is 15.2 Å². The van der Waals surface area contributed by atoms with Crippen molar-refractivity contribution in [1.29, 1.82) is 0 Å². The third kappa shape index (κ3) is 3.02. The topological polar surface area (TPSA) is 90.0 Å². The summed E-state index contributed by atoms with van der Waals surface area (Å²) in [6.07, 6.45) is 3.23. The monoisotopic (exact) mass is 541 g/mol. The molecule has 132 valence electrons. The summed E-state index contributed by atoms with van der Waals surface area (Å²) in [7, 11) is 0. The zero-order chi connectivity index (χ0) is 18.4. The molecule has 4 aromatic rings. The van der Waals surface area contributed by atoms with Gasteiger partial charge in [0.1, 0.15) is 17.4 Å². The van der Waals surface area contributed by atoms with Crippen LogP contribution in [0, 0.1) is 5.21 Å². The van der Waals surface area contributed by atoms with Gasteiger partial charge in [-0.2, -0.15) is 5.23 Å². The molecule has 3 N–H and O–H groups in total. The van der Waals surface area contributed by atoms with E-state index in [1.54, 1.807) is 35.1 Å². The molecule has 26 heavy (non-hydrogen) atoms. The van der Waals surface area contributed by atoms with Crippen LogP contribution in [0.1, 0.15) is 0 Å². The van der Waals surface area contributed by atoms with Gasteiger partial charge >= 0.3 is 0 Å². The highest BCUT2D eigenvalue weighted by Gasteiger charge is 2.17. The Labute approximate surface area is 172 Å². The molecule has 7 nitrogen and oxygen atoms in total. The minimum Gasteiger partial charge on any atom is -0.595 e. The van der Waals surface area contributed by atoms with Crippen molar-refractivity contribution in [2.24, 2.45) is 0 Å². The Morgan fingerprint density at radius 3 is 2.58 bits per heavy atom.